The van der Waals surface area contributed by atoms with Gasteiger partial charge in [-0.05, 0) is 39.3 Å². The minimum atomic E-state index is 0.687. The largest absolute Gasteiger partial charge is 0.312 e. The van der Waals surface area contributed by atoms with Crippen molar-refractivity contribution in [2.24, 2.45) is 0 Å². The van der Waals surface area contributed by atoms with Gasteiger partial charge in [0, 0.05) is 18.6 Å². The van der Waals surface area contributed by atoms with Gasteiger partial charge in [-0.25, -0.2) is 0 Å². The molecule has 0 heterocycles. The normalized spacial score (nSPS) is 20.2. The summed E-state index contributed by atoms with van der Waals surface area (Å²) in [7, 11) is 0. The van der Waals surface area contributed by atoms with Crippen LogP contribution in [0, 0.1) is 0 Å². The Balaban J connectivity index is 2.18. The minimum absolute atomic E-state index is 0.687. The Bertz CT molecular complexity index is 164. The molecule has 1 atom stereocenters. The van der Waals surface area contributed by atoms with E-state index in [1.54, 1.807) is 0 Å². The molecule has 2 nitrogen and oxygen atoms in total. The molecule has 0 spiro atoms. The van der Waals surface area contributed by atoms with Crippen LogP contribution in [0.1, 0.15) is 59.3 Å². The van der Waals surface area contributed by atoms with Crippen molar-refractivity contribution in [3.63, 3.8) is 0 Å². The molecule has 0 aromatic rings. The van der Waals surface area contributed by atoms with Crippen LogP contribution in [0.2, 0.25) is 0 Å². The number of hydrogen-bond donors (Lipinski definition) is 1. The summed E-state index contributed by atoms with van der Waals surface area (Å²) in [5.74, 6) is 0. The molecule has 2 heteroatoms. The second-order valence-electron chi connectivity index (χ2n) is 5.22. The molecule has 1 rings (SSSR count). The van der Waals surface area contributed by atoms with Gasteiger partial charge in [-0.2, -0.15) is 0 Å². The monoisotopic (exact) mass is 226 g/mol. The zero-order valence-electron chi connectivity index (χ0n) is 11.5. The maximum absolute atomic E-state index is 3.75. The molecule has 1 unspecified atom stereocenters. The fraction of sp³-hybridized carbons (Fsp3) is 1.00. The molecule has 0 bridgehead atoms. The second kappa shape index (κ2) is 8.08. The Morgan fingerprint density at radius 3 is 2.44 bits per heavy atom. The van der Waals surface area contributed by atoms with Gasteiger partial charge in [-0.15, -0.1) is 0 Å². The van der Waals surface area contributed by atoms with Crippen LogP contribution < -0.4 is 5.32 Å². The van der Waals surface area contributed by atoms with Crippen LogP contribution in [0.3, 0.4) is 0 Å². The first kappa shape index (κ1) is 14.0. The van der Waals surface area contributed by atoms with Crippen LogP contribution in [-0.2, 0) is 0 Å². The molecule has 1 aliphatic rings. The molecule has 16 heavy (non-hydrogen) atoms. The summed E-state index contributed by atoms with van der Waals surface area (Å²) in [6, 6.07) is 1.49. The molecule has 0 radical (unpaired) electrons. The smallest absolute Gasteiger partial charge is 0.0192 e. The molecule has 0 aromatic carbocycles. The van der Waals surface area contributed by atoms with Crippen molar-refractivity contribution in [1.29, 1.82) is 0 Å². The Labute approximate surface area is 102 Å². The molecule has 1 N–H and O–H groups in total. The molecule has 1 saturated carbocycles. The minimum Gasteiger partial charge on any atom is -0.312 e. The first-order chi connectivity index (χ1) is 7.77. The highest BCUT2D eigenvalue weighted by atomic mass is 15.2. The fourth-order valence-electron chi connectivity index (χ4n) is 2.75. The summed E-state index contributed by atoms with van der Waals surface area (Å²) in [6.07, 6.45) is 8.36. The van der Waals surface area contributed by atoms with Gasteiger partial charge in [0.1, 0.15) is 0 Å². The SMILES string of the molecule is CCCN(CC)C(C)CNC1CCCCC1. The molecule has 0 aromatic heterocycles. The standard InChI is InChI=1S/C14H30N2/c1-4-11-16(5-2)13(3)12-15-14-9-7-6-8-10-14/h13-15H,4-12H2,1-3H3. The Morgan fingerprint density at radius 1 is 1.19 bits per heavy atom. The summed E-state index contributed by atoms with van der Waals surface area (Å²) >= 11 is 0. The number of likely N-dealkylation sites (N-methyl/N-ethyl adjacent to an activating group) is 1. The van der Waals surface area contributed by atoms with Crippen molar-refractivity contribution in [1.82, 2.24) is 10.2 Å². The second-order valence-corrected chi connectivity index (χ2v) is 5.22. The molecule has 0 amide bonds. The van der Waals surface area contributed by atoms with E-state index in [2.05, 4.69) is 31.0 Å². The van der Waals surface area contributed by atoms with E-state index < -0.39 is 0 Å². The lowest BCUT2D eigenvalue weighted by Crippen LogP contribution is -2.44. The Kier molecular flexibility index (Phi) is 7.06. The van der Waals surface area contributed by atoms with Gasteiger partial charge >= 0.3 is 0 Å². The van der Waals surface area contributed by atoms with Crippen molar-refractivity contribution in [3.05, 3.63) is 0 Å². The fourth-order valence-corrected chi connectivity index (χ4v) is 2.75. The van der Waals surface area contributed by atoms with Crippen molar-refractivity contribution in [2.45, 2.75) is 71.4 Å². The average molecular weight is 226 g/mol. The maximum atomic E-state index is 3.75. The van der Waals surface area contributed by atoms with Crippen LogP contribution in [0.5, 0.6) is 0 Å². The van der Waals surface area contributed by atoms with Crippen LogP contribution in [0.4, 0.5) is 0 Å². The third-order valence-electron chi connectivity index (χ3n) is 3.85. The highest BCUT2D eigenvalue weighted by Crippen LogP contribution is 2.17. The summed E-state index contributed by atoms with van der Waals surface area (Å²) in [5.41, 5.74) is 0. The topological polar surface area (TPSA) is 15.3 Å². The number of nitrogens with zero attached hydrogens (tertiary/aromatic N) is 1. The number of rotatable bonds is 7. The summed E-state index contributed by atoms with van der Waals surface area (Å²) in [6.45, 7) is 10.5. The lowest BCUT2D eigenvalue weighted by Gasteiger charge is -2.30. The number of hydrogen-bond acceptors (Lipinski definition) is 2. The Morgan fingerprint density at radius 2 is 1.88 bits per heavy atom. The Hall–Kier alpha value is -0.0800. The summed E-state index contributed by atoms with van der Waals surface area (Å²) < 4.78 is 0. The van der Waals surface area contributed by atoms with Gasteiger partial charge in [0.15, 0.2) is 0 Å². The quantitative estimate of drug-likeness (QED) is 0.718. The average Bonchev–Trinajstić information content (AvgIpc) is 2.34. The zero-order chi connectivity index (χ0) is 11.8. The third kappa shape index (κ3) is 4.84. The summed E-state index contributed by atoms with van der Waals surface area (Å²) in [5, 5.41) is 3.75. The molecule has 0 aliphatic heterocycles. The number of nitrogens with one attached hydrogen (secondary N) is 1. The maximum Gasteiger partial charge on any atom is 0.0192 e. The van der Waals surface area contributed by atoms with Crippen molar-refractivity contribution < 1.29 is 0 Å². The molecule has 0 saturated heterocycles. The van der Waals surface area contributed by atoms with Gasteiger partial charge < -0.3 is 5.32 Å². The van der Waals surface area contributed by atoms with Crippen molar-refractivity contribution >= 4 is 0 Å². The van der Waals surface area contributed by atoms with Gasteiger partial charge in [0.05, 0.1) is 0 Å². The van der Waals surface area contributed by atoms with Crippen LogP contribution >= 0.6 is 0 Å². The first-order valence-corrected chi connectivity index (χ1v) is 7.25. The molecule has 1 fully saturated rings. The van der Waals surface area contributed by atoms with E-state index in [0.29, 0.717) is 6.04 Å². The predicted octanol–water partition coefficient (Wildman–Crippen LogP) is 3.03. The molecular weight excluding hydrogens is 196 g/mol. The molecular formula is C14H30N2. The van der Waals surface area contributed by atoms with E-state index in [9.17, 15) is 0 Å². The van der Waals surface area contributed by atoms with E-state index in [-0.39, 0.29) is 0 Å². The lowest BCUT2D eigenvalue weighted by molar-refractivity contribution is 0.206. The van der Waals surface area contributed by atoms with E-state index in [1.165, 1.54) is 58.2 Å². The highest BCUT2D eigenvalue weighted by molar-refractivity contribution is 4.75. The first-order valence-electron chi connectivity index (χ1n) is 7.25. The van der Waals surface area contributed by atoms with E-state index in [4.69, 9.17) is 0 Å². The van der Waals surface area contributed by atoms with E-state index >= 15 is 0 Å². The van der Waals surface area contributed by atoms with Gasteiger partial charge in [0.2, 0.25) is 0 Å². The zero-order valence-corrected chi connectivity index (χ0v) is 11.5. The lowest BCUT2D eigenvalue weighted by atomic mass is 9.95. The van der Waals surface area contributed by atoms with Crippen molar-refractivity contribution in [3.8, 4) is 0 Å². The van der Waals surface area contributed by atoms with E-state index in [1.807, 2.05) is 0 Å². The van der Waals surface area contributed by atoms with Gasteiger partial charge in [-0.1, -0.05) is 33.1 Å². The predicted molar refractivity (Wildman–Crippen MR) is 71.9 cm³/mol. The summed E-state index contributed by atoms with van der Waals surface area (Å²) in [4.78, 5) is 2.58. The van der Waals surface area contributed by atoms with Gasteiger partial charge in [0.25, 0.3) is 0 Å². The molecule has 96 valence electrons. The van der Waals surface area contributed by atoms with Crippen LogP contribution in [0.15, 0.2) is 0 Å². The van der Waals surface area contributed by atoms with Crippen LogP contribution in [-0.4, -0.2) is 36.6 Å². The molecule has 1 aliphatic carbocycles. The van der Waals surface area contributed by atoms with Gasteiger partial charge in [-0.3, -0.25) is 4.90 Å². The van der Waals surface area contributed by atoms with E-state index in [0.717, 1.165) is 6.04 Å². The third-order valence-corrected chi connectivity index (χ3v) is 3.85. The van der Waals surface area contributed by atoms with Crippen molar-refractivity contribution in [2.75, 3.05) is 19.6 Å². The van der Waals surface area contributed by atoms with Crippen LogP contribution in [0.25, 0.3) is 0 Å². The highest BCUT2D eigenvalue weighted by Gasteiger charge is 2.15.